The van der Waals surface area contributed by atoms with Crippen LogP contribution < -0.4 is 10.2 Å². The van der Waals surface area contributed by atoms with Crippen molar-refractivity contribution in [3.05, 3.63) is 23.8 Å². The lowest BCUT2D eigenvalue weighted by molar-refractivity contribution is 0.0947. The molecule has 2 aliphatic rings. The van der Waals surface area contributed by atoms with Crippen LogP contribution in [0.15, 0.2) is 23.1 Å². The molecule has 2 atom stereocenters. The Labute approximate surface area is 156 Å². The van der Waals surface area contributed by atoms with Crippen LogP contribution in [0.3, 0.4) is 0 Å². The van der Waals surface area contributed by atoms with E-state index in [0.29, 0.717) is 0 Å². The van der Waals surface area contributed by atoms with Crippen LogP contribution in [0.2, 0.25) is 0 Å². The second kappa shape index (κ2) is 8.45. The summed E-state index contributed by atoms with van der Waals surface area (Å²) in [5, 5.41) is 3.09. The fourth-order valence-corrected chi connectivity index (χ4v) is 5.19. The summed E-state index contributed by atoms with van der Waals surface area (Å²) < 4.78 is 0. The number of fused-ring (bicyclic) bond motifs is 1. The maximum absolute atomic E-state index is 12.4. The Kier molecular flexibility index (Phi) is 6.29. The fourth-order valence-electron chi connectivity index (χ4n) is 4.07. The highest BCUT2D eigenvalue weighted by molar-refractivity contribution is 7.99. The van der Waals surface area contributed by atoms with Gasteiger partial charge >= 0.3 is 0 Å². The summed E-state index contributed by atoms with van der Waals surface area (Å²) in [7, 11) is 2.10. The Morgan fingerprint density at radius 3 is 2.80 bits per heavy atom. The number of likely N-dealkylation sites (tertiary alicyclic amines) is 1. The highest BCUT2D eigenvalue weighted by atomic mass is 32.2. The molecule has 0 spiro atoms. The van der Waals surface area contributed by atoms with E-state index in [1.807, 2.05) is 23.9 Å². The van der Waals surface area contributed by atoms with Gasteiger partial charge in [0.25, 0.3) is 5.91 Å². The first kappa shape index (κ1) is 18.6. The smallest absolute Gasteiger partial charge is 0.251 e. The van der Waals surface area contributed by atoms with Crippen molar-refractivity contribution in [3.63, 3.8) is 0 Å². The van der Waals surface area contributed by atoms with Gasteiger partial charge in [-0.25, -0.2) is 0 Å². The van der Waals surface area contributed by atoms with E-state index < -0.39 is 0 Å². The molecule has 2 heterocycles. The highest BCUT2D eigenvalue weighted by Crippen LogP contribution is 2.34. The van der Waals surface area contributed by atoms with E-state index in [-0.39, 0.29) is 5.91 Å². The molecule has 5 heteroatoms. The number of piperidine rings is 1. The van der Waals surface area contributed by atoms with Gasteiger partial charge in [-0.1, -0.05) is 13.8 Å². The molecule has 1 N–H and O–H groups in total. The molecule has 0 saturated carbocycles. The molecule has 3 rings (SSSR count). The molecule has 1 aromatic carbocycles. The molecular formula is C20H31N3OS. The standard InChI is InChI=1S/C20H31N3OS/c1-15-11-16(2)14-23(13-15)8-4-7-21-20(24)17-5-6-19-18(12-17)22(3)9-10-25-19/h5-6,12,15-16H,4,7-11,13-14H2,1-3H3,(H,21,24). The molecule has 0 radical (unpaired) electrons. The Morgan fingerprint density at radius 2 is 2.04 bits per heavy atom. The Bertz CT molecular complexity index is 597. The molecule has 25 heavy (non-hydrogen) atoms. The summed E-state index contributed by atoms with van der Waals surface area (Å²) in [6.07, 6.45) is 2.37. The largest absolute Gasteiger partial charge is 0.373 e. The van der Waals surface area contributed by atoms with E-state index in [4.69, 9.17) is 0 Å². The van der Waals surface area contributed by atoms with Crippen LogP contribution in [0.5, 0.6) is 0 Å². The third-order valence-corrected chi connectivity index (χ3v) is 6.24. The van der Waals surface area contributed by atoms with Gasteiger partial charge in [0, 0.05) is 49.4 Å². The molecule has 138 valence electrons. The highest BCUT2D eigenvalue weighted by Gasteiger charge is 2.21. The lowest BCUT2D eigenvalue weighted by Crippen LogP contribution is -2.40. The Hall–Kier alpha value is -1.20. The van der Waals surface area contributed by atoms with E-state index >= 15 is 0 Å². The molecule has 2 unspecified atom stereocenters. The normalized spacial score (nSPS) is 24.0. The maximum atomic E-state index is 12.4. The monoisotopic (exact) mass is 361 g/mol. The van der Waals surface area contributed by atoms with Gasteiger partial charge in [0.05, 0.1) is 5.69 Å². The molecule has 0 aliphatic carbocycles. The first-order valence-corrected chi connectivity index (χ1v) is 10.5. The van der Waals surface area contributed by atoms with Crippen LogP contribution in [-0.2, 0) is 0 Å². The van der Waals surface area contributed by atoms with Gasteiger partial charge in [0.1, 0.15) is 0 Å². The molecule has 1 amide bonds. The van der Waals surface area contributed by atoms with Gasteiger partial charge in [-0.05, 0) is 49.4 Å². The third-order valence-electron chi connectivity index (χ3n) is 5.20. The van der Waals surface area contributed by atoms with E-state index in [9.17, 15) is 4.79 Å². The van der Waals surface area contributed by atoms with Crippen LogP contribution in [0.1, 0.15) is 37.0 Å². The molecular weight excluding hydrogens is 330 g/mol. The van der Waals surface area contributed by atoms with E-state index in [0.717, 1.165) is 49.2 Å². The van der Waals surface area contributed by atoms with Gasteiger partial charge in [-0.2, -0.15) is 0 Å². The summed E-state index contributed by atoms with van der Waals surface area (Å²) in [6.45, 7) is 9.96. The number of rotatable bonds is 5. The average Bonchev–Trinajstić information content (AvgIpc) is 2.58. The number of nitrogens with zero attached hydrogens (tertiary/aromatic N) is 2. The minimum Gasteiger partial charge on any atom is -0.373 e. The lowest BCUT2D eigenvalue weighted by Gasteiger charge is -2.34. The zero-order valence-corrected chi connectivity index (χ0v) is 16.6. The number of benzene rings is 1. The first-order valence-electron chi connectivity index (χ1n) is 9.51. The molecule has 4 nitrogen and oxygen atoms in total. The van der Waals surface area contributed by atoms with Crippen LogP contribution in [-0.4, -0.2) is 56.3 Å². The lowest BCUT2D eigenvalue weighted by atomic mass is 9.92. The van der Waals surface area contributed by atoms with Crippen molar-refractivity contribution < 1.29 is 4.79 Å². The number of hydrogen-bond donors (Lipinski definition) is 1. The van der Waals surface area contributed by atoms with Gasteiger partial charge in [-0.3, -0.25) is 4.79 Å². The number of carbonyl (C=O) groups excluding carboxylic acids is 1. The van der Waals surface area contributed by atoms with Gasteiger partial charge in [-0.15, -0.1) is 11.8 Å². The topological polar surface area (TPSA) is 35.6 Å². The van der Waals surface area contributed by atoms with Gasteiger partial charge in [0.15, 0.2) is 0 Å². The van der Waals surface area contributed by atoms with Crippen molar-refractivity contribution in [1.82, 2.24) is 10.2 Å². The minimum atomic E-state index is 0.0483. The van der Waals surface area contributed by atoms with Crippen molar-refractivity contribution in [2.24, 2.45) is 11.8 Å². The molecule has 0 aromatic heterocycles. The third kappa shape index (κ3) is 4.91. The number of hydrogen-bond acceptors (Lipinski definition) is 4. The van der Waals surface area contributed by atoms with Crippen molar-refractivity contribution >= 4 is 23.4 Å². The average molecular weight is 362 g/mol. The first-order chi connectivity index (χ1) is 12.0. The predicted molar refractivity (Wildman–Crippen MR) is 107 cm³/mol. The van der Waals surface area contributed by atoms with Crippen LogP contribution in [0.4, 0.5) is 5.69 Å². The molecule has 1 aromatic rings. The quantitative estimate of drug-likeness (QED) is 0.816. The summed E-state index contributed by atoms with van der Waals surface area (Å²) in [5.41, 5.74) is 1.95. The van der Waals surface area contributed by atoms with Crippen molar-refractivity contribution in [3.8, 4) is 0 Å². The fraction of sp³-hybridized carbons (Fsp3) is 0.650. The summed E-state index contributed by atoms with van der Waals surface area (Å²) in [5.74, 6) is 2.75. The SMILES string of the molecule is CC1CC(C)CN(CCCNC(=O)c2ccc3c(c2)N(C)CCS3)C1. The second-order valence-electron chi connectivity index (χ2n) is 7.77. The van der Waals surface area contributed by atoms with Crippen LogP contribution >= 0.6 is 11.8 Å². The van der Waals surface area contributed by atoms with Crippen molar-refractivity contribution in [2.45, 2.75) is 31.6 Å². The van der Waals surface area contributed by atoms with Crippen molar-refractivity contribution in [2.75, 3.05) is 50.4 Å². The van der Waals surface area contributed by atoms with Gasteiger partial charge in [0.2, 0.25) is 0 Å². The zero-order valence-electron chi connectivity index (χ0n) is 15.8. The molecule has 2 aliphatic heterocycles. The molecule has 1 fully saturated rings. The summed E-state index contributed by atoms with van der Waals surface area (Å²) in [4.78, 5) is 18.5. The maximum Gasteiger partial charge on any atom is 0.251 e. The number of carbonyl (C=O) groups is 1. The summed E-state index contributed by atoms with van der Waals surface area (Å²) in [6, 6.07) is 6.07. The predicted octanol–water partition coefficient (Wildman–Crippen LogP) is 3.33. The molecule has 0 bridgehead atoms. The number of nitrogens with one attached hydrogen (secondary N) is 1. The Balaban J connectivity index is 1.46. The number of anilines is 1. The molecule has 1 saturated heterocycles. The van der Waals surface area contributed by atoms with Gasteiger partial charge < -0.3 is 15.1 Å². The zero-order chi connectivity index (χ0) is 17.8. The van der Waals surface area contributed by atoms with Crippen LogP contribution in [0.25, 0.3) is 0 Å². The van der Waals surface area contributed by atoms with E-state index in [1.165, 1.54) is 30.1 Å². The van der Waals surface area contributed by atoms with Crippen LogP contribution in [0, 0.1) is 11.8 Å². The Morgan fingerprint density at radius 1 is 1.28 bits per heavy atom. The number of amides is 1. The second-order valence-corrected chi connectivity index (χ2v) is 8.90. The number of thioether (sulfide) groups is 1. The summed E-state index contributed by atoms with van der Waals surface area (Å²) >= 11 is 1.87. The van der Waals surface area contributed by atoms with E-state index in [2.05, 4.69) is 42.1 Å². The minimum absolute atomic E-state index is 0.0483. The van der Waals surface area contributed by atoms with Crippen molar-refractivity contribution in [1.29, 1.82) is 0 Å². The van der Waals surface area contributed by atoms with E-state index in [1.54, 1.807) is 0 Å².